The van der Waals surface area contributed by atoms with Crippen molar-refractivity contribution in [2.75, 3.05) is 33.9 Å². The van der Waals surface area contributed by atoms with Crippen molar-refractivity contribution in [2.45, 2.75) is 25.0 Å². The molecule has 3 rings (SSSR count). The molecule has 7 nitrogen and oxygen atoms in total. The van der Waals surface area contributed by atoms with Gasteiger partial charge in [-0.05, 0) is 42.5 Å². The molecule has 1 aliphatic rings. The lowest BCUT2D eigenvalue weighted by atomic mass is 9.97. The lowest BCUT2D eigenvalue weighted by molar-refractivity contribution is -0.126. The number of piperidine rings is 1. The van der Waals surface area contributed by atoms with Gasteiger partial charge in [-0.15, -0.1) is 0 Å². The predicted molar refractivity (Wildman–Crippen MR) is 120 cm³/mol. The van der Waals surface area contributed by atoms with E-state index in [0.29, 0.717) is 50.4 Å². The van der Waals surface area contributed by atoms with E-state index in [1.165, 1.54) is 4.31 Å². The zero-order valence-electron chi connectivity index (χ0n) is 18.0. The van der Waals surface area contributed by atoms with Crippen molar-refractivity contribution in [3.05, 3.63) is 59.7 Å². The number of methoxy groups -OCH3 is 2. The third-order valence-electron chi connectivity index (χ3n) is 5.57. The largest absolute Gasteiger partial charge is 0.493 e. The molecule has 0 saturated carbocycles. The Morgan fingerprint density at radius 1 is 1.00 bits per heavy atom. The molecule has 1 amide bonds. The molecular weight excluding hydrogens is 416 g/mol. The van der Waals surface area contributed by atoms with Crippen LogP contribution in [0, 0.1) is 5.92 Å². The van der Waals surface area contributed by atoms with Crippen LogP contribution in [0.5, 0.6) is 11.5 Å². The minimum atomic E-state index is -3.37. The Hall–Kier alpha value is -2.58. The summed E-state index contributed by atoms with van der Waals surface area (Å²) in [5, 5.41) is 2.98. The molecule has 0 aromatic heterocycles. The zero-order chi connectivity index (χ0) is 22.3. The van der Waals surface area contributed by atoms with E-state index in [9.17, 15) is 13.2 Å². The van der Waals surface area contributed by atoms with Crippen molar-refractivity contribution in [1.29, 1.82) is 0 Å². The van der Waals surface area contributed by atoms with Crippen molar-refractivity contribution in [1.82, 2.24) is 9.62 Å². The highest BCUT2D eigenvalue weighted by Crippen LogP contribution is 2.27. The van der Waals surface area contributed by atoms with Gasteiger partial charge in [0.1, 0.15) is 0 Å². The molecule has 1 heterocycles. The number of carbonyl (C=O) groups is 1. The lowest BCUT2D eigenvalue weighted by Gasteiger charge is -2.30. The highest BCUT2D eigenvalue weighted by molar-refractivity contribution is 7.88. The van der Waals surface area contributed by atoms with Gasteiger partial charge in [-0.25, -0.2) is 12.7 Å². The minimum Gasteiger partial charge on any atom is -0.493 e. The molecule has 0 atom stereocenters. The summed E-state index contributed by atoms with van der Waals surface area (Å²) < 4.78 is 37.4. The first-order valence-corrected chi connectivity index (χ1v) is 12.0. The number of sulfonamides is 1. The first-order valence-electron chi connectivity index (χ1n) is 10.4. The van der Waals surface area contributed by atoms with Gasteiger partial charge in [0.2, 0.25) is 15.9 Å². The summed E-state index contributed by atoms with van der Waals surface area (Å²) in [6.45, 7) is 1.27. The topological polar surface area (TPSA) is 84.9 Å². The molecular formula is C23H30N2O5S. The number of benzene rings is 2. The summed E-state index contributed by atoms with van der Waals surface area (Å²) in [6.07, 6.45) is 1.75. The number of ether oxygens (including phenoxy) is 2. The molecule has 1 saturated heterocycles. The quantitative estimate of drug-likeness (QED) is 0.640. The third-order valence-corrected chi connectivity index (χ3v) is 7.42. The van der Waals surface area contributed by atoms with Crippen LogP contribution in [-0.4, -0.2) is 52.5 Å². The molecule has 2 aromatic carbocycles. The van der Waals surface area contributed by atoms with Gasteiger partial charge >= 0.3 is 0 Å². The summed E-state index contributed by atoms with van der Waals surface area (Å²) in [4.78, 5) is 12.5. The Balaban J connectivity index is 1.45. The number of rotatable bonds is 9. The van der Waals surface area contributed by atoms with Crippen LogP contribution in [0.25, 0.3) is 0 Å². The number of hydrogen-bond donors (Lipinski definition) is 1. The fourth-order valence-electron chi connectivity index (χ4n) is 3.78. The van der Waals surface area contributed by atoms with Crippen LogP contribution in [0.2, 0.25) is 0 Å². The van der Waals surface area contributed by atoms with Crippen LogP contribution in [0.15, 0.2) is 48.5 Å². The van der Waals surface area contributed by atoms with E-state index in [1.54, 1.807) is 14.2 Å². The van der Waals surface area contributed by atoms with Crippen molar-refractivity contribution in [3.8, 4) is 11.5 Å². The number of carbonyl (C=O) groups excluding carboxylic acids is 1. The number of nitrogens with zero attached hydrogens (tertiary/aromatic N) is 1. The second-order valence-corrected chi connectivity index (χ2v) is 9.61. The van der Waals surface area contributed by atoms with E-state index in [0.717, 1.165) is 11.1 Å². The molecule has 0 radical (unpaired) electrons. The zero-order valence-corrected chi connectivity index (χ0v) is 18.9. The van der Waals surface area contributed by atoms with E-state index >= 15 is 0 Å². The maximum atomic E-state index is 12.7. The van der Waals surface area contributed by atoms with Gasteiger partial charge in [0.25, 0.3) is 0 Å². The first-order chi connectivity index (χ1) is 14.9. The van der Waals surface area contributed by atoms with Crippen molar-refractivity contribution in [3.63, 3.8) is 0 Å². The van der Waals surface area contributed by atoms with Gasteiger partial charge in [0, 0.05) is 25.6 Å². The van der Waals surface area contributed by atoms with Gasteiger partial charge < -0.3 is 14.8 Å². The molecule has 2 aromatic rings. The number of hydrogen-bond acceptors (Lipinski definition) is 5. The molecule has 0 spiro atoms. The molecule has 1 aliphatic heterocycles. The van der Waals surface area contributed by atoms with Gasteiger partial charge in [-0.2, -0.15) is 0 Å². The summed E-state index contributed by atoms with van der Waals surface area (Å²) in [7, 11) is -0.185. The number of nitrogens with one attached hydrogen (secondary N) is 1. The van der Waals surface area contributed by atoms with E-state index < -0.39 is 10.0 Å². The summed E-state index contributed by atoms with van der Waals surface area (Å²) in [5.74, 6) is 1.16. The Bertz CT molecular complexity index is 971. The second-order valence-electron chi connectivity index (χ2n) is 7.65. The van der Waals surface area contributed by atoms with Crippen LogP contribution in [0.3, 0.4) is 0 Å². The maximum absolute atomic E-state index is 12.7. The molecule has 0 unspecified atom stereocenters. The monoisotopic (exact) mass is 446 g/mol. The van der Waals surface area contributed by atoms with E-state index in [-0.39, 0.29) is 17.6 Å². The fraction of sp³-hybridized carbons (Fsp3) is 0.435. The smallest absolute Gasteiger partial charge is 0.223 e. The fourth-order valence-corrected chi connectivity index (χ4v) is 5.35. The van der Waals surface area contributed by atoms with Gasteiger partial charge in [-0.1, -0.05) is 36.4 Å². The molecule has 1 N–H and O–H groups in total. The summed E-state index contributed by atoms with van der Waals surface area (Å²) in [6, 6.07) is 14.9. The van der Waals surface area contributed by atoms with Crippen LogP contribution in [0.4, 0.5) is 0 Å². The van der Waals surface area contributed by atoms with Crippen LogP contribution >= 0.6 is 0 Å². The molecule has 1 fully saturated rings. The van der Waals surface area contributed by atoms with Crippen molar-refractivity contribution >= 4 is 15.9 Å². The Morgan fingerprint density at radius 2 is 1.68 bits per heavy atom. The van der Waals surface area contributed by atoms with Crippen LogP contribution in [-0.2, 0) is 27.0 Å². The van der Waals surface area contributed by atoms with Crippen molar-refractivity contribution < 1.29 is 22.7 Å². The van der Waals surface area contributed by atoms with Gasteiger partial charge in [0.15, 0.2) is 11.5 Å². The molecule has 168 valence electrons. The Labute approximate surface area is 184 Å². The SMILES string of the molecule is COc1ccc(CCNC(=O)C2CCN(S(=O)(=O)Cc3ccccc3)CC2)cc1OC. The molecule has 0 bridgehead atoms. The highest BCUT2D eigenvalue weighted by Gasteiger charge is 2.31. The van der Waals surface area contributed by atoms with E-state index in [1.807, 2.05) is 48.5 Å². The Kier molecular flexibility index (Phi) is 7.92. The average Bonchev–Trinajstić information content (AvgIpc) is 2.79. The molecule has 0 aliphatic carbocycles. The normalized spacial score (nSPS) is 15.4. The van der Waals surface area contributed by atoms with E-state index in [2.05, 4.69) is 5.32 Å². The lowest BCUT2D eigenvalue weighted by Crippen LogP contribution is -2.43. The standard InChI is InChI=1S/C23H30N2O5S/c1-29-21-9-8-18(16-22(21)30-2)10-13-24-23(26)20-11-14-25(15-12-20)31(27,28)17-19-6-4-3-5-7-19/h3-9,16,20H,10-15,17H2,1-2H3,(H,24,26). The van der Waals surface area contributed by atoms with Crippen molar-refractivity contribution in [2.24, 2.45) is 5.92 Å². The summed E-state index contributed by atoms with van der Waals surface area (Å²) in [5.41, 5.74) is 1.82. The second kappa shape index (κ2) is 10.6. The minimum absolute atomic E-state index is 0.00394. The molecule has 31 heavy (non-hydrogen) atoms. The third kappa shape index (κ3) is 6.21. The van der Waals surface area contributed by atoms with Crippen LogP contribution in [0.1, 0.15) is 24.0 Å². The highest BCUT2D eigenvalue weighted by atomic mass is 32.2. The van der Waals surface area contributed by atoms with Gasteiger partial charge in [-0.3, -0.25) is 4.79 Å². The summed E-state index contributed by atoms with van der Waals surface area (Å²) >= 11 is 0. The first kappa shape index (κ1) is 23.1. The molecule has 8 heteroatoms. The maximum Gasteiger partial charge on any atom is 0.223 e. The number of amides is 1. The predicted octanol–water partition coefficient (Wildman–Crippen LogP) is 2.60. The van der Waals surface area contributed by atoms with Gasteiger partial charge in [0.05, 0.1) is 20.0 Å². The van der Waals surface area contributed by atoms with Crippen LogP contribution < -0.4 is 14.8 Å². The average molecular weight is 447 g/mol. The van der Waals surface area contributed by atoms with E-state index in [4.69, 9.17) is 9.47 Å². The Morgan fingerprint density at radius 3 is 2.32 bits per heavy atom.